The van der Waals surface area contributed by atoms with Gasteiger partial charge in [-0.1, -0.05) is 23.8 Å². The number of allylic oxidation sites excluding steroid dienone is 2. The predicted molar refractivity (Wildman–Crippen MR) is 129 cm³/mol. The number of fused-ring (bicyclic) bond motifs is 4. The maximum Gasteiger partial charge on any atom is 0.265 e. The van der Waals surface area contributed by atoms with Gasteiger partial charge in [0.05, 0.1) is 23.7 Å². The lowest BCUT2D eigenvalue weighted by Gasteiger charge is -2.15. The number of hydrogen-bond donors (Lipinski definition) is 0. The second-order valence-corrected chi connectivity index (χ2v) is 9.30. The molecule has 1 aliphatic heterocycles. The Bertz CT molecular complexity index is 1440. The first-order chi connectivity index (χ1) is 16.2. The Morgan fingerprint density at radius 3 is 2.64 bits per heavy atom. The normalized spacial score (nSPS) is 19.1. The topological polar surface area (TPSA) is 74.8 Å². The van der Waals surface area contributed by atoms with Crippen LogP contribution in [-0.2, 0) is 17.8 Å². The smallest absolute Gasteiger partial charge is 0.265 e. The first-order valence-electron chi connectivity index (χ1n) is 12.1. The maximum atomic E-state index is 13.8. The summed E-state index contributed by atoms with van der Waals surface area (Å²) in [6, 6.07) is 7.85. The van der Waals surface area contributed by atoms with E-state index in [9.17, 15) is 4.79 Å². The van der Waals surface area contributed by atoms with Gasteiger partial charge in [0, 0.05) is 13.2 Å². The Labute approximate surface area is 192 Å². The first-order valence-corrected chi connectivity index (χ1v) is 12.1. The summed E-state index contributed by atoms with van der Waals surface area (Å²) in [7, 11) is 0. The molecule has 7 heteroatoms. The van der Waals surface area contributed by atoms with Crippen molar-refractivity contribution in [3.8, 4) is 0 Å². The number of ether oxygens (including phenoxy) is 1. The van der Waals surface area contributed by atoms with Crippen LogP contribution in [0.15, 0.2) is 40.7 Å². The molecule has 1 fully saturated rings. The zero-order valence-electron chi connectivity index (χ0n) is 19.1. The number of hydrogen-bond acceptors (Lipinski definition) is 5. The summed E-state index contributed by atoms with van der Waals surface area (Å²) < 4.78 is 9.69. The van der Waals surface area contributed by atoms with Crippen LogP contribution in [0.3, 0.4) is 0 Å². The minimum Gasteiger partial charge on any atom is -0.376 e. The number of rotatable bonds is 5. The molecule has 33 heavy (non-hydrogen) atoms. The van der Waals surface area contributed by atoms with Gasteiger partial charge in [-0.2, -0.15) is 0 Å². The molecule has 170 valence electrons. The van der Waals surface area contributed by atoms with E-state index in [4.69, 9.17) is 19.7 Å². The van der Waals surface area contributed by atoms with E-state index in [-0.39, 0.29) is 11.7 Å². The second-order valence-electron chi connectivity index (χ2n) is 9.30. The monoisotopic (exact) mass is 443 g/mol. The van der Waals surface area contributed by atoms with Crippen molar-refractivity contribution >= 4 is 33.2 Å². The van der Waals surface area contributed by atoms with Crippen LogP contribution < -0.4 is 5.56 Å². The van der Waals surface area contributed by atoms with Crippen molar-refractivity contribution in [3.63, 3.8) is 0 Å². The molecule has 0 saturated carbocycles. The van der Waals surface area contributed by atoms with Gasteiger partial charge in [0.25, 0.3) is 5.56 Å². The average molecular weight is 444 g/mol. The molecule has 1 aliphatic carbocycles. The van der Waals surface area contributed by atoms with E-state index in [2.05, 4.69) is 10.6 Å². The van der Waals surface area contributed by atoms with Crippen molar-refractivity contribution in [2.24, 2.45) is 0 Å². The molecule has 0 amide bonds. The van der Waals surface area contributed by atoms with Gasteiger partial charge in [-0.15, -0.1) is 0 Å². The third kappa shape index (κ3) is 3.64. The zero-order valence-corrected chi connectivity index (χ0v) is 19.1. The highest BCUT2D eigenvalue weighted by molar-refractivity contribution is 6.04. The van der Waals surface area contributed by atoms with Crippen molar-refractivity contribution < 1.29 is 4.74 Å². The number of para-hydroxylation sites is 2. The molecular formula is C26H29N5O2. The van der Waals surface area contributed by atoms with Gasteiger partial charge in [-0.05, 0) is 64.0 Å². The summed E-state index contributed by atoms with van der Waals surface area (Å²) in [5.74, 6) is 0.716. The molecule has 0 spiro atoms. The predicted octanol–water partition coefficient (Wildman–Crippen LogP) is 4.67. The summed E-state index contributed by atoms with van der Waals surface area (Å²) >= 11 is 0. The third-order valence-corrected chi connectivity index (χ3v) is 7.09. The first kappa shape index (κ1) is 20.5. The van der Waals surface area contributed by atoms with Crippen molar-refractivity contribution in [1.82, 2.24) is 24.1 Å². The van der Waals surface area contributed by atoms with Crippen LogP contribution in [0.2, 0.25) is 0 Å². The molecule has 1 aromatic carbocycles. The molecule has 4 heterocycles. The maximum absolute atomic E-state index is 13.8. The van der Waals surface area contributed by atoms with E-state index < -0.39 is 0 Å². The van der Waals surface area contributed by atoms with E-state index in [1.165, 1.54) is 18.4 Å². The van der Waals surface area contributed by atoms with Crippen LogP contribution in [0.1, 0.15) is 50.8 Å². The Balaban J connectivity index is 1.55. The van der Waals surface area contributed by atoms with Crippen molar-refractivity contribution in [1.29, 1.82) is 0 Å². The van der Waals surface area contributed by atoms with Gasteiger partial charge in [0.1, 0.15) is 16.7 Å². The lowest BCUT2D eigenvalue weighted by atomic mass is 9.97. The molecule has 4 aromatic rings. The molecule has 1 atom stereocenters. The molecular weight excluding hydrogens is 414 g/mol. The third-order valence-electron chi connectivity index (χ3n) is 7.09. The Morgan fingerprint density at radius 2 is 1.88 bits per heavy atom. The highest BCUT2D eigenvalue weighted by Gasteiger charge is 2.24. The van der Waals surface area contributed by atoms with Gasteiger partial charge in [0.2, 0.25) is 0 Å². The Morgan fingerprint density at radius 1 is 1.03 bits per heavy atom. The van der Waals surface area contributed by atoms with Gasteiger partial charge in [-0.25, -0.2) is 15.0 Å². The summed E-state index contributed by atoms with van der Waals surface area (Å²) in [6.45, 7) is 3.97. The molecule has 0 bridgehead atoms. The molecule has 6 rings (SSSR count). The lowest BCUT2D eigenvalue weighted by Crippen LogP contribution is -2.29. The highest BCUT2D eigenvalue weighted by atomic mass is 16.5. The molecule has 3 aromatic heterocycles. The number of aromatic nitrogens is 5. The fraction of sp³-hybridized carbons (Fsp3) is 0.462. The van der Waals surface area contributed by atoms with Crippen LogP contribution in [0.25, 0.3) is 33.2 Å². The molecule has 2 aliphatic rings. The lowest BCUT2D eigenvalue weighted by molar-refractivity contribution is 0.0955. The van der Waals surface area contributed by atoms with E-state index in [0.717, 1.165) is 61.9 Å². The van der Waals surface area contributed by atoms with Crippen molar-refractivity contribution in [2.75, 3.05) is 6.61 Å². The quantitative estimate of drug-likeness (QED) is 0.419. The van der Waals surface area contributed by atoms with Crippen molar-refractivity contribution in [3.05, 3.63) is 52.1 Å². The van der Waals surface area contributed by atoms with Crippen LogP contribution in [0.5, 0.6) is 0 Å². The molecule has 1 saturated heterocycles. The molecule has 0 radical (unpaired) electrons. The van der Waals surface area contributed by atoms with Crippen LogP contribution in [0.4, 0.5) is 0 Å². The summed E-state index contributed by atoms with van der Waals surface area (Å²) in [5.41, 5.74) is 5.18. The van der Waals surface area contributed by atoms with Gasteiger partial charge in [0.15, 0.2) is 11.3 Å². The van der Waals surface area contributed by atoms with E-state index in [0.29, 0.717) is 28.9 Å². The minimum absolute atomic E-state index is 0.0433. The van der Waals surface area contributed by atoms with Gasteiger partial charge < -0.3 is 9.30 Å². The van der Waals surface area contributed by atoms with Gasteiger partial charge in [-0.3, -0.25) is 9.36 Å². The van der Waals surface area contributed by atoms with Crippen LogP contribution in [-0.4, -0.2) is 36.8 Å². The molecule has 0 N–H and O–H groups in total. The number of benzene rings is 1. The van der Waals surface area contributed by atoms with E-state index >= 15 is 0 Å². The Kier molecular flexibility index (Phi) is 5.21. The van der Waals surface area contributed by atoms with E-state index in [1.807, 2.05) is 31.2 Å². The fourth-order valence-corrected chi connectivity index (χ4v) is 5.30. The van der Waals surface area contributed by atoms with Crippen LogP contribution in [0, 0.1) is 6.92 Å². The molecule has 0 unspecified atom stereocenters. The standard InChI is InChI=1S/C26H29N5O2/c1-17-27-24-22(26(32)31(17)16-19-10-7-15-33-19)23-25(29-21-12-6-5-11-20(21)28-23)30(24)14-13-18-8-3-2-4-9-18/h5-6,8,11-12,19H,2-4,7,9-10,13-16H2,1H3/t19-/m0/s1. The highest BCUT2D eigenvalue weighted by Crippen LogP contribution is 2.28. The summed E-state index contributed by atoms with van der Waals surface area (Å²) in [4.78, 5) is 28.6. The number of aryl methyl sites for hydroxylation is 2. The van der Waals surface area contributed by atoms with Crippen LogP contribution >= 0.6 is 0 Å². The zero-order chi connectivity index (χ0) is 22.4. The average Bonchev–Trinajstić information content (AvgIpc) is 3.45. The SMILES string of the molecule is Cc1nc2c(c(=O)n1C[C@@H]1CCCO1)c1nc3ccccc3nc1n2CCC1=CCCCC1. The number of nitrogens with zero attached hydrogens (tertiary/aromatic N) is 5. The van der Waals surface area contributed by atoms with Gasteiger partial charge >= 0.3 is 0 Å². The summed E-state index contributed by atoms with van der Waals surface area (Å²) in [6.07, 6.45) is 10.3. The molecule has 7 nitrogen and oxygen atoms in total. The largest absolute Gasteiger partial charge is 0.376 e. The fourth-order valence-electron chi connectivity index (χ4n) is 5.30. The van der Waals surface area contributed by atoms with E-state index in [1.54, 1.807) is 4.57 Å². The minimum atomic E-state index is -0.0433. The Hall–Kier alpha value is -3.06. The summed E-state index contributed by atoms with van der Waals surface area (Å²) in [5, 5.41) is 0.574. The second kappa shape index (κ2) is 8.37. The van der Waals surface area contributed by atoms with Crippen molar-refractivity contribution in [2.45, 2.75) is 71.1 Å².